The standard InChI is InChI=1S/C24H34N2O4/c1-6-9-25-23(28)30-21-15(3)24(4)12-18-14(2)22(27)26(5)19(18)10-17(24)11-20(21)29-13-16-7-8-16/h10-11,15-16,20-21H,6-9,12-13H2,1-5H3,(H,25,28)/t15-,20+,21+,24+/m0/s1. The van der Waals surface area contributed by atoms with Gasteiger partial charge < -0.3 is 19.7 Å². The molecule has 1 N–H and O–H groups in total. The summed E-state index contributed by atoms with van der Waals surface area (Å²) in [6.45, 7) is 9.59. The van der Waals surface area contributed by atoms with Crippen LogP contribution in [0.5, 0.6) is 0 Å². The van der Waals surface area contributed by atoms with Crippen LogP contribution in [0.3, 0.4) is 0 Å². The fourth-order valence-electron chi connectivity index (χ4n) is 4.89. The number of allylic oxidation sites excluding steroid dienone is 3. The maximum absolute atomic E-state index is 12.5. The van der Waals surface area contributed by atoms with Crippen LogP contribution in [0.15, 0.2) is 34.6 Å². The number of amides is 2. The highest BCUT2D eigenvalue weighted by atomic mass is 16.6. The van der Waals surface area contributed by atoms with Gasteiger partial charge in [-0.15, -0.1) is 0 Å². The van der Waals surface area contributed by atoms with Crippen molar-refractivity contribution in [2.45, 2.75) is 65.6 Å². The Kier molecular flexibility index (Phi) is 5.56. The fourth-order valence-corrected chi connectivity index (χ4v) is 4.89. The Labute approximate surface area is 179 Å². The number of hydrogen-bond donors (Lipinski definition) is 1. The van der Waals surface area contributed by atoms with Gasteiger partial charge in [-0.25, -0.2) is 4.79 Å². The number of rotatable bonds is 6. The number of carbonyl (C=O) groups excluding carboxylic acids is 2. The van der Waals surface area contributed by atoms with E-state index in [1.807, 2.05) is 20.9 Å². The van der Waals surface area contributed by atoms with Crippen LogP contribution in [-0.2, 0) is 14.3 Å². The molecule has 3 aliphatic carbocycles. The molecule has 0 aromatic carbocycles. The first-order valence-electron chi connectivity index (χ1n) is 11.2. The van der Waals surface area contributed by atoms with Gasteiger partial charge in [-0.3, -0.25) is 4.79 Å². The third-order valence-electron chi connectivity index (χ3n) is 7.39. The highest BCUT2D eigenvalue weighted by Gasteiger charge is 2.51. The smallest absolute Gasteiger partial charge is 0.407 e. The van der Waals surface area contributed by atoms with Crippen LogP contribution in [-0.4, -0.2) is 49.3 Å². The van der Waals surface area contributed by atoms with E-state index in [1.54, 1.807) is 4.90 Å². The van der Waals surface area contributed by atoms with Gasteiger partial charge in [0.25, 0.3) is 5.91 Å². The molecule has 0 saturated heterocycles. The van der Waals surface area contributed by atoms with Crippen molar-refractivity contribution in [3.8, 4) is 0 Å². The summed E-state index contributed by atoms with van der Waals surface area (Å²) in [6, 6.07) is 0. The van der Waals surface area contributed by atoms with E-state index in [0.717, 1.165) is 29.7 Å². The van der Waals surface area contributed by atoms with Gasteiger partial charge in [0.1, 0.15) is 12.2 Å². The van der Waals surface area contributed by atoms with Gasteiger partial charge in [0, 0.05) is 36.2 Å². The lowest BCUT2D eigenvalue weighted by Gasteiger charge is -2.49. The second kappa shape index (κ2) is 7.88. The molecule has 6 nitrogen and oxygen atoms in total. The number of ether oxygens (including phenoxy) is 2. The summed E-state index contributed by atoms with van der Waals surface area (Å²) in [7, 11) is 1.84. The number of alkyl carbamates (subject to hydrolysis) is 1. The molecule has 164 valence electrons. The average Bonchev–Trinajstić information content (AvgIpc) is 3.53. The SMILES string of the molecule is CCCNC(=O)O[C@H]1[C@H](OCC2CC2)C=C2C=C3C(=C(C)C(=O)N3C)C[C@]2(C)[C@H]1C. The van der Waals surface area contributed by atoms with Crippen molar-refractivity contribution >= 4 is 12.0 Å². The van der Waals surface area contributed by atoms with Crippen LogP contribution in [0, 0.1) is 17.3 Å². The normalized spacial score (nSPS) is 33.0. The minimum absolute atomic E-state index is 0.0492. The van der Waals surface area contributed by atoms with Crippen LogP contribution >= 0.6 is 0 Å². The van der Waals surface area contributed by atoms with Crippen molar-refractivity contribution in [2.24, 2.45) is 17.3 Å². The van der Waals surface area contributed by atoms with E-state index in [0.29, 0.717) is 19.1 Å². The molecule has 0 radical (unpaired) electrons. The van der Waals surface area contributed by atoms with Crippen molar-refractivity contribution in [1.29, 1.82) is 0 Å². The van der Waals surface area contributed by atoms with E-state index in [-0.39, 0.29) is 35.5 Å². The molecule has 0 aromatic heterocycles. The largest absolute Gasteiger partial charge is 0.443 e. The summed E-state index contributed by atoms with van der Waals surface area (Å²) in [5, 5.41) is 2.83. The highest BCUT2D eigenvalue weighted by Crippen LogP contribution is 2.54. The number of likely N-dealkylation sites (N-methyl/N-ethyl adjacent to an activating group) is 1. The van der Waals surface area contributed by atoms with Crippen LogP contribution in [0.2, 0.25) is 0 Å². The third-order valence-corrected chi connectivity index (χ3v) is 7.39. The molecule has 4 atom stereocenters. The van der Waals surface area contributed by atoms with Crippen LogP contribution in [0.1, 0.15) is 53.4 Å². The Morgan fingerprint density at radius 1 is 1.37 bits per heavy atom. The molecule has 4 aliphatic rings. The molecular formula is C24H34N2O4. The van der Waals surface area contributed by atoms with Gasteiger partial charge in [0.2, 0.25) is 0 Å². The van der Waals surface area contributed by atoms with Gasteiger partial charge in [-0.1, -0.05) is 20.8 Å². The lowest BCUT2D eigenvalue weighted by molar-refractivity contribution is -0.123. The van der Waals surface area contributed by atoms with Crippen LogP contribution in [0.4, 0.5) is 4.79 Å². The van der Waals surface area contributed by atoms with Crippen LogP contribution < -0.4 is 5.32 Å². The first-order valence-corrected chi connectivity index (χ1v) is 11.2. The summed E-state index contributed by atoms with van der Waals surface area (Å²) in [6.07, 6.45) is 7.31. The van der Waals surface area contributed by atoms with E-state index >= 15 is 0 Å². The Morgan fingerprint density at radius 2 is 2.10 bits per heavy atom. The topological polar surface area (TPSA) is 67.9 Å². The highest BCUT2D eigenvalue weighted by molar-refractivity contribution is 6.00. The summed E-state index contributed by atoms with van der Waals surface area (Å²) < 4.78 is 12.2. The summed E-state index contributed by atoms with van der Waals surface area (Å²) >= 11 is 0. The predicted molar refractivity (Wildman–Crippen MR) is 115 cm³/mol. The average molecular weight is 415 g/mol. The molecule has 0 unspecified atom stereocenters. The fraction of sp³-hybridized carbons (Fsp3) is 0.667. The van der Waals surface area contributed by atoms with E-state index in [2.05, 4.69) is 31.3 Å². The van der Waals surface area contributed by atoms with Gasteiger partial charge in [-0.05, 0) is 61.8 Å². The minimum Gasteiger partial charge on any atom is -0.443 e. The van der Waals surface area contributed by atoms with Crippen molar-refractivity contribution in [3.63, 3.8) is 0 Å². The zero-order valence-electron chi connectivity index (χ0n) is 18.8. The summed E-state index contributed by atoms with van der Waals surface area (Å²) in [5.41, 5.74) is 3.88. The van der Waals surface area contributed by atoms with Gasteiger partial charge in [0.15, 0.2) is 0 Å². The molecule has 1 fully saturated rings. The zero-order chi connectivity index (χ0) is 21.6. The molecule has 0 bridgehead atoms. The predicted octanol–water partition coefficient (Wildman–Crippen LogP) is 3.94. The lowest BCUT2D eigenvalue weighted by atomic mass is 9.59. The van der Waals surface area contributed by atoms with Gasteiger partial charge in [-0.2, -0.15) is 0 Å². The third kappa shape index (κ3) is 3.59. The first-order chi connectivity index (χ1) is 14.3. The quantitative estimate of drug-likeness (QED) is 0.715. The Morgan fingerprint density at radius 3 is 2.77 bits per heavy atom. The van der Waals surface area contributed by atoms with E-state index in [4.69, 9.17) is 9.47 Å². The van der Waals surface area contributed by atoms with Gasteiger partial charge in [0.05, 0.1) is 6.61 Å². The molecule has 1 aliphatic heterocycles. The molecular weight excluding hydrogens is 380 g/mol. The Bertz CT molecular complexity index is 838. The minimum atomic E-state index is -0.382. The second-order valence-electron chi connectivity index (χ2n) is 9.54. The molecule has 2 amide bonds. The Balaban J connectivity index is 1.67. The Hall–Kier alpha value is -2.08. The number of nitrogens with one attached hydrogen (secondary N) is 1. The lowest BCUT2D eigenvalue weighted by Crippen LogP contribution is -2.51. The van der Waals surface area contributed by atoms with Gasteiger partial charge >= 0.3 is 6.09 Å². The van der Waals surface area contributed by atoms with Crippen LogP contribution in [0.25, 0.3) is 0 Å². The molecule has 1 saturated carbocycles. The molecule has 1 heterocycles. The first kappa shape index (κ1) is 21.2. The number of hydrogen-bond acceptors (Lipinski definition) is 4. The van der Waals surface area contributed by atoms with E-state index in [9.17, 15) is 9.59 Å². The maximum atomic E-state index is 12.5. The van der Waals surface area contributed by atoms with E-state index in [1.165, 1.54) is 18.4 Å². The van der Waals surface area contributed by atoms with Crippen molar-refractivity contribution in [2.75, 3.05) is 20.2 Å². The molecule has 4 rings (SSSR count). The summed E-state index contributed by atoms with van der Waals surface area (Å²) in [5.74, 6) is 0.746. The molecule has 0 aromatic rings. The number of nitrogens with zero attached hydrogens (tertiary/aromatic N) is 1. The molecule has 6 heteroatoms. The monoisotopic (exact) mass is 414 g/mol. The second-order valence-corrected chi connectivity index (χ2v) is 9.54. The maximum Gasteiger partial charge on any atom is 0.407 e. The molecule has 30 heavy (non-hydrogen) atoms. The molecule has 0 spiro atoms. The zero-order valence-corrected chi connectivity index (χ0v) is 18.8. The number of carbonyl (C=O) groups is 2. The van der Waals surface area contributed by atoms with Crippen molar-refractivity contribution in [3.05, 3.63) is 34.6 Å². The van der Waals surface area contributed by atoms with E-state index < -0.39 is 0 Å². The van der Waals surface area contributed by atoms with Crippen molar-refractivity contribution in [1.82, 2.24) is 10.2 Å². The summed E-state index contributed by atoms with van der Waals surface area (Å²) in [4.78, 5) is 26.7. The van der Waals surface area contributed by atoms with Crippen molar-refractivity contribution < 1.29 is 19.1 Å². The number of fused-ring (bicyclic) bond motifs is 2.